The van der Waals surface area contributed by atoms with Crippen molar-refractivity contribution < 1.29 is 19.4 Å². The molecule has 1 saturated heterocycles. The number of ether oxygens (including phenoxy) is 2. The highest BCUT2D eigenvalue weighted by atomic mass is 35.5. The molecule has 4 aliphatic carbocycles. The van der Waals surface area contributed by atoms with E-state index < -0.39 is 6.29 Å². The zero-order valence-electron chi connectivity index (χ0n) is 24.1. The zero-order chi connectivity index (χ0) is 29.6. The number of hydrogen-bond acceptors (Lipinski definition) is 5. The second-order valence-electron chi connectivity index (χ2n) is 13.1. The number of benzene rings is 2. The Labute approximate surface area is 262 Å². The zero-order valence-corrected chi connectivity index (χ0v) is 25.6. The molecular formula is C33H38Cl2N4O4. The van der Waals surface area contributed by atoms with E-state index in [0.29, 0.717) is 24.7 Å². The first-order chi connectivity index (χ1) is 20.8. The molecule has 3 aromatic rings. The maximum absolute atomic E-state index is 12.9. The van der Waals surface area contributed by atoms with Gasteiger partial charge in [-0.3, -0.25) is 0 Å². The molecule has 1 aliphatic heterocycles. The Bertz CT molecular complexity index is 1410. The molecule has 10 heteroatoms. The molecule has 4 saturated carbocycles. The maximum atomic E-state index is 12.9. The lowest BCUT2D eigenvalue weighted by atomic mass is 9.53. The number of aromatic nitrogens is 2. The van der Waals surface area contributed by atoms with Crippen molar-refractivity contribution in [3.05, 3.63) is 87.4 Å². The summed E-state index contributed by atoms with van der Waals surface area (Å²) >= 11 is 12.4. The average Bonchev–Trinajstić information content (AvgIpc) is 3.31. The van der Waals surface area contributed by atoms with Gasteiger partial charge in [0.25, 0.3) is 0 Å². The van der Waals surface area contributed by atoms with Crippen LogP contribution in [0.5, 0.6) is 0 Å². The molecule has 8 nitrogen and oxygen atoms in total. The van der Waals surface area contributed by atoms with Crippen LogP contribution in [0.25, 0.3) is 0 Å². The van der Waals surface area contributed by atoms with Gasteiger partial charge in [0.2, 0.25) is 0 Å². The number of hydrogen-bond donors (Lipinski definition) is 3. The summed E-state index contributed by atoms with van der Waals surface area (Å²) in [5, 5.41) is 16.6. The van der Waals surface area contributed by atoms with Crippen LogP contribution in [-0.2, 0) is 29.2 Å². The molecule has 43 heavy (non-hydrogen) atoms. The van der Waals surface area contributed by atoms with Crippen LogP contribution >= 0.6 is 23.2 Å². The fourth-order valence-electron chi connectivity index (χ4n) is 8.25. The number of carbonyl (C=O) groups is 1. The summed E-state index contributed by atoms with van der Waals surface area (Å²) in [7, 11) is 0. The predicted molar refractivity (Wildman–Crippen MR) is 163 cm³/mol. The van der Waals surface area contributed by atoms with Crippen LogP contribution in [0.15, 0.2) is 54.9 Å². The molecule has 4 bridgehead atoms. The molecule has 0 radical (unpaired) electrons. The van der Waals surface area contributed by atoms with Crippen molar-refractivity contribution in [1.82, 2.24) is 20.2 Å². The minimum Gasteiger partial charge on any atom is -0.392 e. The summed E-state index contributed by atoms with van der Waals surface area (Å²) in [5.74, 6) is 2.37. The van der Waals surface area contributed by atoms with Crippen molar-refractivity contribution in [2.24, 2.45) is 17.8 Å². The second-order valence-corrected chi connectivity index (χ2v) is 13.8. The van der Waals surface area contributed by atoms with E-state index in [9.17, 15) is 9.90 Å². The van der Waals surface area contributed by atoms with Gasteiger partial charge < -0.3 is 29.8 Å². The SMILES string of the molecule is O=C(NCc1ccc([C@H]2O[C@@H](Cn3cnc(Cl)c3Cl)C[C@@H](c3ccc(CO)cc3)O2)cc1)NC12CC3CC(CC(C3)C1)C2. The van der Waals surface area contributed by atoms with Crippen molar-refractivity contribution in [3.8, 4) is 0 Å². The van der Waals surface area contributed by atoms with Crippen molar-refractivity contribution >= 4 is 29.2 Å². The molecule has 5 aliphatic rings. The van der Waals surface area contributed by atoms with E-state index in [4.69, 9.17) is 32.7 Å². The van der Waals surface area contributed by atoms with Crippen molar-refractivity contribution in [2.45, 2.75) is 88.7 Å². The van der Waals surface area contributed by atoms with Gasteiger partial charge in [0.15, 0.2) is 11.4 Å². The Morgan fingerprint density at radius 2 is 1.53 bits per heavy atom. The van der Waals surface area contributed by atoms with Crippen LogP contribution < -0.4 is 10.6 Å². The number of aliphatic hydroxyl groups excluding tert-OH is 1. The van der Waals surface area contributed by atoms with Crippen LogP contribution in [0, 0.1) is 17.8 Å². The molecule has 2 heterocycles. The molecule has 2 aromatic carbocycles. The summed E-state index contributed by atoms with van der Waals surface area (Å²) in [6, 6.07) is 15.7. The number of urea groups is 1. The average molecular weight is 626 g/mol. The summed E-state index contributed by atoms with van der Waals surface area (Å²) < 4.78 is 14.7. The number of aliphatic hydroxyl groups is 1. The fraction of sp³-hybridized carbons (Fsp3) is 0.515. The van der Waals surface area contributed by atoms with E-state index in [1.54, 1.807) is 10.9 Å². The Hall–Kier alpha value is -2.62. The van der Waals surface area contributed by atoms with Gasteiger partial charge in [-0.1, -0.05) is 71.7 Å². The van der Waals surface area contributed by atoms with Gasteiger partial charge in [-0.15, -0.1) is 0 Å². The minimum atomic E-state index is -0.597. The largest absolute Gasteiger partial charge is 0.392 e. The van der Waals surface area contributed by atoms with E-state index >= 15 is 0 Å². The Kier molecular flexibility index (Phi) is 8.16. The summed E-state index contributed by atoms with van der Waals surface area (Å²) in [5.41, 5.74) is 3.75. The first-order valence-corrected chi connectivity index (χ1v) is 16.1. The number of amides is 2. The smallest absolute Gasteiger partial charge is 0.315 e. The molecule has 2 amide bonds. The first-order valence-electron chi connectivity index (χ1n) is 15.4. The summed E-state index contributed by atoms with van der Waals surface area (Å²) in [4.78, 5) is 17.0. The third-order valence-electron chi connectivity index (χ3n) is 9.87. The maximum Gasteiger partial charge on any atom is 0.315 e. The third-order valence-corrected chi connectivity index (χ3v) is 10.6. The van der Waals surface area contributed by atoms with Gasteiger partial charge in [-0.05, 0) is 73.0 Å². The lowest BCUT2D eigenvalue weighted by Crippen LogP contribution is -2.61. The van der Waals surface area contributed by atoms with Gasteiger partial charge >= 0.3 is 6.03 Å². The highest BCUT2D eigenvalue weighted by Crippen LogP contribution is 2.55. The molecular weight excluding hydrogens is 587 g/mol. The van der Waals surface area contributed by atoms with Gasteiger partial charge in [0.1, 0.15) is 5.15 Å². The van der Waals surface area contributed by atoms with Gasteiger partial charge in [0.05, 0.1) is 31.7 Å². The second kappa shape index (κ2) is 12.1. The summed E-state index contributed by atoms with van der Waals surface area (Å²) in [6.07, 6.45) is 8.67. The van der Waals surface area contributed by atoms with E-state index in [2.05, 4.69) is 15.6 Å². The number of nitrogens with zero attached hydrogens (tertiary/aromatic N) is 2. The van der Waals surface area contributed by atoms with Crippen molar-refractivity contribution in [2.75, 3.05) is 0 Å². The monoisotopic (exact) mass is 624 g/mol. The number of rotatable bonds is 8. The van der Waals surface area contributed by atoms with E-state index in [1.165, 1.54) is 19.3 Å². The number of nitrogens with one attached hydrogen (secondary N) is 2. The van der Waals surface area contributed by atoms with Crippen molar-refractivity contribution in [3.63, 3.8) is 0 Å². The summed E-state index contributed by atoms with van der Waals surface area (Å²) in [6.45, 7) is 0.920. The number of carbonyl (C=O) groups excluding carboxylic acids is 1. The van der Waals surface area contributed by atoms with E-state index in [-0.39, 0.29) is 35.5 Å². The Morgan fingerprint density at radius 1 is 0.907 bits per heavy atom. The molecule has 8 rings (SSSR count). The molecule has 1 aromatic heterocycles. The normalized spacial score (nSPS) is 31.2. The van der Waals surface area contributed by atoms with Gasteiger partial charge in [-0.2, -0.15) is 0 Å². The van der Waals surface area contributed by atoms with Crippen LogP contribution in [0.3, 0.4) is 0 Å². The van der Waals surface area contributed by atoms with Crippen LogP contribution in [-0.4, -0.2) is 32.3 Å². The van der Waals surface area contributed by atoms with Crippen LogP contribution in [0.4, 0.5) is 4.79 Å². The lowest BCUT2D eigenvalue weighted by Gasteiger charge is -2.56. The standard InChI is InChI=1S/C33H38Cl2N4O4/c34-29-30(35)39(19-37-29)17-27-12-28(25-5-3-21(18-40)4-6-25)43-31(42-27)26-7-1-20(2-8-26)16-36-32(41)38-33-13-22-9-23(14-33)11-24(10-22)15-33/h1-8,19,22-24,27-28,31,40H,9-18H2,(H2,36,38,41)/t22?,23?,24?,27-,28+,31+,33?/m1/s1. The molecule has 228 valence electrons. The van der Waals surface area contributed by atoms with Gasteiger partial charge in [0, 0.05) is 24.1 Å². The number of halogens is 2. The van der Waals surface area contributed by atoms with E-state index in [0.717, 1.165) is 59.3 Å². The molecule has 3 N–H and O–H groups in total. The Morgan fingerprint density at radius 3 is 2.14 bits per heavy atom. The molecule has 5 fully saturated rings. The third kappa shape index (κ3) is 6.31. The highest BCUT2D eigenvalue weighted by molar-refractivity contribution is 6.40. The molecule has 0 unspecified atom stereocenters. The first kappa shape index (κ1) is 29.1. The van der Waals surface area contributed by atoms with Crippen molar-refractivity contribution in [1.29, 1.82) is 0 Å². The quantitative estimate of drug-likeness (QED) is 0.259. The van der Waals surface area contributed by atoms with Crippen LogP contribution in [0.1, 0.15) is 79.6 Å². The molecule has 3 atom stereocenters. The lowest BCUT2D eigenvalue weighted by molar-refractivity contribution is -0.252. The van der Waals surface area contributed by atoms with E-state index in [1.807, 2.05) is 48.5 Å². The minimum absolute atomic E-state index is 0.00385. The highest BCUT2D eigenvalue weighted by Gasteiger charge is 2.51. The Balaban J connectivity index is 1.00. The van der Waals surface area contributed by atoms with Crippen LogP contribution in [0.2, 0.25) is 10.3 Å². The fourth-order valence-corrected chi connectivity index (χ4v) is 8.56. The predicted octanol–water partition coefficient (Wildman–Crippen LogP) is 6.70. The number of imidazole rings is 1. The van der Waals surface area contributed by atoms with Gasteiger partial charge in [-0.25, -0.2) is 9.78 Å². The molecule has 0 spiro atoms. The topological polar surface area (TPSA) is 97.6 Å².